The third-order valence-corrected chi connectivity index (χ3v) is 2.03. The Labute approximate surface area is 79.4 Å². The van der Waals surface area contributed by atoms with Crippen LogP contribution in [0.15, 0.2) is 29.3 Å². The zero-order valence-electron chi connectivity index (χ0n) is 7.57. The van der Waals surface area contributed by atoms with Gasteiger partial charge in [-0.1, -0.05) is 0 Å². The molecule has 5 nitrogen and oxygen atoms in total. The van der Waals surface area contributed by atoms with Crippen molar-refractivity contribution in [3.63, 3.8) is 0 Å². The van der Waals surface area contributed by atoms with Gasteiger partial charge < -0.3 is 10.3 Å². The van der Waals surface area contributed by atoms with Gasteiger partial charge in [-0.3, -0.25) is 14.0 Å². The van der Waals surface area contributed by atoms with Gasteiger partial charge in [-0.2, -0.15) is 0 Å². The number of carbonyl (C=O) groups excluding carboxylic acids is 1. The fourth-order valence-corrected chi connectivity index (χ4v) is 1.31. The van der Waals surface area contributed by atoms with Crippen LogP contribution in [-0.4, -0.2) is 22.3 Å². The Balaban J connectivity index is 2.74. The summed E-state index contributed by atoms with van der Waals surface area (Å²) in [6.45, 7) is 0. The molecule has 0 unspecified atom stereocenters. The van der Waals surface area contributed by atoms with Gasteiger partial charge >= 0.3 is 0 Å². The van der Waals surface area contributed by atoms with Crippen LogP contribution in [0, 0.1) is 0 Å². The van der Waals surface area contributed by atoms with E-state index < -0.39 is 0 Å². The average molecular weight is 191 g/mol. The van der Waals surface area contributed by atoms with Gasteiger partial charge in [0.2, 0.25) is 0 Å². The molecule has 0 saturated heterocycles. The maximum atomic E-state index is 11.7. The lowest BCUT2D eigenvalue weighted by molar-refractivity contribution is 0.0961. The van der Waals surface area contributed by atoms with Crippen molar-refractivity contribution in [2.45, 2.75) is 0 Å². The molecule has 0 saturated carbocycles. The fraction of sp³-hybridized carbons (Fsp3) is 0.111. The van der Waals surface area contributed by atoms with E-state index in [1.165, 1.54) is 17.6 Å². The van der Waals surface area contributed by atoms with Crippen molar-refractivity contribution in [3.05, 3.63) is 40.4 Å². The molecule has 0 aromatic carbocycles. The van der Waals surface area contributed by atoms with Gasteiger partial charge in [0.1, 0.15) is 11.2 Å². The second-order valence-electron chi connectivity index (χ2n) is 2.85. The first kappa shape index (κ1) is 8.55. The molecule has 2 aromatic rings. The largest absolute Gasteiger partial charge is 0.355 e. The van der Waals surface area contributed by atoms with Gasteiger partial charge in [0.15, 0.2) is 0 Å². The van der Waals surface area contributed by atoms with Crippen LogP contribution in [0.2, 0.25) is 0 Å². The summed E-state index contributed by atoms with van der Waals surface area (Å²) in [5, 5.41) is 2.41. The van der Waals surface area contributed by atoms with E-state index in [9.17, 15) is 9.59 Å². The smallest absolute Gasteiger partial charge is 0.270 e. The Morgan fingerprint density at radius 1 is 1.57 bits per heavy atom. The predicted molar refractivity (Wildman–Crippen MR) is 51.4 cm³/mol. The first-order valence-corrected chi connectivity index (χ1v) is 4.15. The van der Waals surface area contributed by atoms with E-state index in [4.69, 9.17) is 0 Å². The molecule has 0 spiro atoms. The Hall–Kier alpha value is -2.04. The van der Waals surface area contributed by atoms with Gasteiger partial charge in [0.05, 0.1) is 0 Å². The number of nitrogens with one attached hydrogen (secondary N) is 2. The van der Waals surface area contributed by atoms with Gasteiger partial charge in [-0.05, 0) is 12.1 Å². The van der Waals surface area contributed by atoms with Crippen molar-refractivity contribution >= 4 is 11.6 Å². The monoisotopic (exact) mass is 191 g/mol. The van der Waals surface area contributed by atoms with E-state index in [0.29, 0.717) is 5.65 Å². The number of H-pyrrole nitrogens is 1. The zero-order valence-corrected chi connectivity index (χ0v) is 7.57. The van der Waals surface area contributed by atoms with E-state index in [2.05, 4.69) is 10.3 Å². The van der Waals surface area contributed by atoms with Gasteiger partial charge in [-0.25, -0.2) is 0 Å². The molecule has 0 aliphatic heterocycles. The molecule has 0 aliphatic rings. The summed E-state index contributed by atoms with van der Waals surface area (Å²) in [5.41, 5.74) is 0.460. The molecular weight excluding hydrogens is 182 g/mol. The van der Waals surface area contributed by atoms with E-state index in [1.807, 2.05) is 0 Å². The summed E-state index contributed by atoms with van der Waals surface area (Å²) >= 11 is 0. The van der Waals surface area contributed by atoms with Gasteiger partial charge in [0.25, 0.3) is 11.5 Å². The third-order valence-electron chi connectivity index (χ3n) is 2.03. The topological polar surface area (TPSA) is 66.4 Å². The molecule has 0 aliphatic carbocycles. The van der Waals surface area contributed by atoms with Gasteiger partial charge in [-0.15, -0.1) is 0 Å². The van der Waals surface area contributed by atoms with Crippen LogP contribution in [0.4, 0.5) is 0 Å². The highest BCUT2D eigenvalue weighted by atomic mass is 16.2. The Morgan fingerprint density at radius 3 is 3.07 bits per heavy atom. The van der Waals surface area contributed by atoms with E-state index in [1.54, 1.807) is 18.3 Å². The number of hydrogen-bond acceptors (Lipinski definition) is 2. The quantitative estimate of drug-likeness (QED) is 0.665. The lowest BCUT2D eigenvalue weighted by Crippen LogP contribution is -2.28. The molecule has 72 valence electrons. The highest BCUT2D eigenvalue weighted by Gasteiger charge is 2.10. The minimum atomic E-state index is -0.387. The normalized spacial score (nSPS) is 10.4. The van der Waals surface area contributed by atoms with E-state index in [-0.39, 0.29) is 17.0 Å². The molecule has 0 atom stereocenters. The highest BCUT2D eigenvalue weighted by molar-refractivity contribution is 5.93. The average Bonchev–Trinajstić information content (AvgIpc) is 2.66. The van der Waals surface area contributed by atoms with Crippen molar-refractivity contribution in [1.29, 1.82) is 0 Å². The molecule has 1 amide bonds. The number of fused-ring (bicyclic) bond motifs is 1. The number of carbonyl (C=O) groups is 1. The van der Waals surface area contributed by atoms with E-state index >= 15 is 0 Å². The minimum Gasteiger partial charge on any atom is -0.355 e. The van der Waals surface area contributed by atoms with Gasteiger partial charge in [0, 0.05) is 19.4 Å². The van der Waals surface area contributed by atoms with Crippen LogP contribution < -0.4 is 10.9 Å². The van der Waals surface area contributed by atoms with Crippen LogP contribution in [0.1, 0.15) is 10.4 Å². The molecule has 2 aromatic heterocycles. The molecule has 5 heteroatoms. The molecule has 0 bridgehead atoms. The molecule has 0 radical (unpaired) electrons. The summed E-state index contributed by atoms with van der Waals surface area (Å²) in [6.07, 6.45) is 3.02. The number of nitrogens with zero attached hydrogens (tertiary/aromatic N) is 1. The number of amides is 1. The lowest BCUT2D eigenvalue weighted by atomic mass is 10.3. The summed E-state index contributed by atoms with van der Waals surface area (Å²) in [5.74, 6) is -0.387. The Morgan fingerprint density at radius 2 is 2.36 bits per heavy atom. The Kier molecular flexibility index (Phi) is 1.85. The van der Waals surface area contributed by atoms with Crippen molar-refractivity contribution in [1.82, 2.24) is 14.7 Å². The van der Waals surface area contributed by atoms with E-state index in [0.717, 1.165) is 0 Å². The molecule has 14 heavy (non-hydrogen) atoms. The molecule has 2 heterocycles. The maximum absolute atomic E-state index is 11.7. The van der Waals surface area contributed by atoms with Crippen LogP contribution in [0.5, 0.6) is 0 Å². The number of hydrogen-bond donors (Lipinski definition) is 2. The SMILES string of the molecule is CNC(=O)c1c[nH]c2cccn2c1=O. The van der Waals surface area contributed by atoms with Crippen LogP contribution in [0.25, 0.3) is 5.65 Å². The standard InChI is InChI=1S/C9H9N3O2/c1-10-8(13)6-5-11-7-3-2-4-12(7)9(6)14/h2-5,11H,1H3,(H,10,13). The second-order valence-corrected chi connectivity index (χ2v) is 2.85. The van der Waals surface area contributed by atoms with Crippen LogP contribution in [0.3, 0.4) is 0 Å². The third kappa shape index (κ3) is 1.10. The first-order chi connectivity index (χ1) is 6.74. The molecule has 2 N–H and O–H groups in total. The maximum Gasteiger partial charge on any atom is 0.270 e. The first-order valence-electron chi connectivity index (χ1n) is 4.15. The van der Waals surface area contributed by atoms with Crippen molar-refractivity contribution in [2.24, 2.45) is 0 Å². The molecule has 0 fully saturated rings. The van der Waals surface area contributed by atoms with Crippen molar-refractivity contribution < 1.29 is 4.79 Å². The van der Waals surface area contributed by atoms with Crippen LogP contribution >= 0.6 is 0 Å². The minimum absolute atomic E-state index is 0.108. The second kappa shape index (κ2) is 3.02. The molecular formula is C9H9N3O2. The number of aromatic amines is 1. The van der Waals surface area contributed by atoms with Crippen molar-refractivity contribution in [3.8, 4) is 0 Å². The fourth-order valence-electron chi connectivity index (χ4n) is 1.31. The summed E-state index contributed by atoms with van der Waals surface area (Å²) in [7, 11) is 1.49. The summed E-state index contributed by atoms with van der Waals surface area (Å²) in [6, 6.07) is 3.50. The van der Waals surface area contributed by atoms with Crippen molar-refractivity contribution in [2.75, 3.05) is 7.05 Å². The van der Waals surface area contributed by atoms with Crippen LogP contribution in [-0.2, 0) is 0 Å². The predicted octanol–water partition coefficient (Wildman–Crippen LogP) is -0.0128. The summed E-state index contributed by atoms with van der Waals surface area (Å²) < 4.78 is 1.39. The lowest BCUT2D eigenvalue weighted by Gasteiger charge is -1.99. The number of rotatable bonds is 1. The zero-order chi connectivity index (χ0) is 10.1. The highest BCUT2D eigenvalue weighted by Crippen LogP contribution is 1.97. The Bertz CT molecular complexity index is 538. The number of aromatic nitrogens is 2. The summed E-state index contributed by atoms with van der Waals surface area (Å²) in [4.78, 5) is 25.8. The molecule has 2 rings (SSSR count).